The molecule has 0 unspecified atom stereocenters. The van der Waals surface area contributed by atoms with Gasteiger partial charge in [0.15, 0.2) is 5.13 Å². The molecule has 8 heteroatoms. The monoisotopic (exact) mass is 401 g/mol. The molecule has 4 rings (SSSR count). The summed E-state index contributed by atoms with van der Waals surface area (Å²) in [7, 11) is 4.08. The molecule has 0 saturated heterocycles. The summed E-state index contributed by atoms with van der Waals surface area (Å²) in [6.45, 7) is 1.31. The zero-order valence-electron chi connectivity index (χ0n) is 14.9. The van der Waals surface area contributed by atoms with Gasteiger partial charge in [-0.3, -0.25) is 9.69 Å². The van der Waals surface area contributed by atoms with Gasteiger partial charge in [-0.05, 0) is 36.4 Å². The van der Waals surface area contributed by atoms with E-state index in [0.717, 1.165) is 21.5 Å². The fourth-order valence-corrected chi connectivity index (χ4v) is 4.50. The van der Waals surface area contributed by atoms with Crippen molar-refractivity contribution in [3.63, 3.8) is 0 Å². The molecular weight excluding hydrogens is 383 g/mol. The number of aromatic nitrogens is 2. The fourth-order valence-electron chi connectivity index (χ4n) is 2.77. The Bertz CT molecular complexity index is 1120. The molecule has 0 fully saturated rings. The van der Waals surface area contributed by atoms with Gasteiger partial charge in [-0.2, -0.15) is 0 Å². The van der Waals surface area contributed by atoms with Crippen molar-refractivity contribution in [3.8, 4) is 0 Å². The maximum Gasteiger partial charge on any atom is 0.260 e. The Kier molecular flexibility index (Phi) is 4.86. The van der Waals surface area contributed by atoms with Gasteiger partial charge in [0.1, 0.15) is 5.82 Å². The lowest BCUT2D eigenvalue weighted by Gasteiger charge is -2.20. The smallest absolute Gasteiger partial charge is 0.260 e. The molecule has 0 radical (unpaired) electrons. The molecule has 5 nitrogen and oxygen atoms in total. The number of rotatable bonds is 5. The van der Waals surface area contributed by atoms with Gasteiger partial charge in [0.05, 0.1) is 53.1 Å². The van der Waals surface area contributed by atoms with Crippen molar-refractivity contribution in [3.05, 3.63) is 53.3 Å². The number of quaternary nitrogens is 1. The number of nitrogens with one attached hydrogen (secondary N) is 1. The topological polar surface area (TPSA) is 50.5 Å². The summed E-state index contributed by atoms with van der Waals surface area (Å²) in [5, 5.41) is 0.589. The average molecular weight is 402 g/mol. The number of nitrogens with zero attached hydrogens (tertiary/aromatic N) is 3. The fraction of sp³-hybridized carbons (Fsp3) is 0.211. The number of fused-ring (bicyclic) bond motifs is 2. The zero-order chi connectivity index (χ0) is 19.0. The van der Waals surface area contributed by atoms with E-state index in [1.165, 1.54) is 39.7 Å². The first kappa shape index (κ1) is 18.0. The predicted octanol–water partition coefficient (Wildman–Crippen LogP) is 2.84. The Morgan fingerprint density at radius 3 is 2.78 bits per heavy atom. The van der Waals surface area contributed by atoms with E-state index < -0.39 is 0 Å². The minimum Gasteiger partial charge on any atom is -0.338 e. The maximum absolute atomic E-state index is 13.5. The van der Waals surface area contributed by atoms with Crippen LogP contribution in [-0.4, -0.2) is 43.1 Å². The molecule has 2 aromatic heterocycles. The van der Waals surface area contributed by atoms with Crippen LogP contribution in [0.1, 0.15) is 10.4 Å². The number of carbonyl (C=O) groups excluding carboxylic acids is 1. The Morgan fingerprint density at radius 2 is 1.96 bits per heavy atom. The van der Waals surface area contributed by atoms with Crippen molar-refractivity contribution >= 4 is 54.1 Å². The molecule has 1 amide bonds. The van der Waals surface area contributed by atoms with Crippen LogP contribution >= 0.6 is 22.7 Å². The van der Waals surface area contributed by atoms with Gasteiger partial charge < -0.3 is 4.90 Å². The summed E-state index contributed by atoms with van der Waals surface area (Å²) in [4.78, 5) is 25.0. The van der Waals surface area contributed by atoms with Crippen molar-refractivity contribution < 1.29 is 14.1 Å². The molecule has 27 heavy (non-hydrogen) atoms. The van der Waals surface area contributed by atoms with E-state index >= 15 is 0 Å². The van der Waals surface area contributed by atoms with E-state index in [1.54, 1.807) is 22.5 Å². The molecule has 0 spiro atoms. The SMILES string of the molecule is C[NH+](C)CCN(C(=O)c1ccc2ncsc2c1)c1nc2ccc(F)cc2s1. The second kappa shape index (κ2) is 7.30. The highest BCUT2D eigenvalue weighted by Crippen LogP contribution is 2.30. The van der Waals surface area contributed by atoms with Crippen LogP contribution in [0.4, 0.5) is 9.52 Å². The van der Waals surface area contributed by atoms with Gasteiger partial charge in [0, 0.05) is 5.56 Å². The second-order valence-corrected chi connectivity index (χ2v) is 8.45. The van der Waals surface area contributed by atoms with E-state index in [0.29, 0.717) is 22.8 Å². The van der Waals surface area contributed by atoms with Crippen LogP contribution in [0.3, 0.4) is 0 Å². The van der Waals surface area contributed by atoms with Crippen molar-refractivity contribution in [1.82, 2.24) is 9.97 Å². The summed E-state index contributed by atoms with van der Waals surface area (Å²) >= 11 is 2.84. The number of halogens is 1. The number of hydrogen-bond acceptors (Lipinski definition) is 5. The molecule has 0 aliphatic heterocycles. The lowest BCUT2D eigenvalue weighted by Crippen LogP contribution is -3.06. The minimum absolute atomic E-state index is 0.105. The first-order chi connectivity index (χ1) is 13.0. The predicted molar refractivity (Wildman–Crippen MR) is 109 cm³/mol. The molecule has 1 N–H and O–H groups in total. The summed E-state index contributed by atoms with van der Waals surface area (Å²) in [5.74, 6) is -0.407. The first-order valence-electron chi connectivity index (χ1n) is 8.51. The van der Waals surface area contributed by atoms with Crippen LogP contribution in [0.15, 0.2) is 41.9 Å². The van der Waals surface area contributed by atoms with E-state index in [2.05, 4.69) is 9.97 Å². The molecule has 0 bridgehead atoms. The molecule has 4 aromatic rings. The lowest BCUT2D eigenvalue weighted by atomic mass is 10.2. The van der Waals surface area contributed by atoms with Crippen molar-refractivity contribution in [2.24, 2.45) is 0 Å². The number of anilines is 1. The highest BCUT2D eigenvalue weighted by molar-refractivity contribution is 7.22. The summed E-state index contributed by atoms with van der Waals surface area (Å²) < 4.78 is 15.2. The maximum atomic E-state index is 13.5. The normalized spacial score (nSPS) is 11.6. The van der Waals surface area contributed by atoms with Crippen LogP contribution in [0.5, 0.6) is 0 Å². The Morgan fingerprint density at radius 1 is 1.15 bits per heavy atom. The number of benzene rings is 2. The highest BCUT2D eigenvalue weighted by Gasteiger charge is 2.22. The minimum atomic E-state index is -0.302. The lowest BCUT2D eigenvalue weighted by molar-refractivity contribution is -0.856. The molecular formula is C19H18FN4OS2+. The van der Waals surface area contributed by atoms with Crippen molar-refractivity contribution in [2.75, 3.05) is 32.1 Å². The van der Waals surface area contributed by atoms with E-state index in [-0.39, 0.29) is 11.7 Å². The summed E-state index contributed by atoms with van der Waals surface area (Å²) in [6.07, 6.45) is 0. The molecule has 2 heterocycles. The van der Waals surface area contributed by atoms with Gasteiger partial charge in [0.25, 0.3) is 5.91 Å². The number of carbonyl (C=O) groups is 1. The number of thiazole rings is 2. The number of likely N-dealkylation sites (N-methyl/N-ethyl adjacent to an activating group) is 1. The van der Waals surface area contributed by atoms with Crippen LogP contribution in [0.2, 0.25) is 0 Å². The summed E-state index contributed by atoms with van der Waals surface area (Å²) in [5.41, 5.74) is 3.96. The van der Waals surface area contributed by atoms with E-state index in [4.69, 9.17) is 0 Å². The van der Waals surface area contributed by atoms with Crippen LogP contribution < -0.4 is 9.80 Å². The molecule has 0 saturated carbocycles. The number of hydrogen-bond donors (Lipinski definition) is 1. The first-order valence-corrected chi connectivity index (χ1v) is 10.2. The third kappa shape index (κ3) is 3.69. The zero-order valence-corrected chi connectivity index (χ0v) is 16.5. The molecule has 2 aromatic carbocycles. The Hall–Kier alpha value is -2.42. The van der Waals surface area contributed by atoms with Gasteiger partial charge in [-0.15, -0.1) is 11.3 Å². The molecule has 138 valence electrons. The summed E-state index contributed by atoms with van der Waals surface area (Å²) in [6, 6.07) is 10.0. The second-order valence-electron chi connectivity index (χ2n) is 6.56. The van der Waals surface area contributed by atoms with Crippen molar-refractivity contribution in [2.45, 2.75) is 0 Å². The molecule has 0 atom stereocenters. The van der Waals surface area contributed by atoms with Gasteiger partial charge in [0.2, 0.25) is 0 Å². The third-order valence-electron chi connectivity index (χ3n) is 4.23. The quantitative estimate of drug-likeness (QED) is 0.560. The Labute approximate surface area is 163 Å². The van der Waals surface area contributed by atoms with Gasteiger partial charge >= 0.3 is 0 Å². The average Bonchev–Trinajstić information content (AvgIpc) is 3.26. The van der Waals surface area contributed by atoms with Crippen LogP contribution in [0.25, 0.3) is 20.4 Å². The van der Waals surface area contributed by atoms with Gasteiger partial charge in [-0.1, -0.05) is 11.3 Å². The van der Waals surface area contributed by atoms with E-state index in [9.17, 15) is 9.18 Å². The molecule has 0 aliphatic carbocycles. The standard InChI is InChI=1S/C19H17FN4OS2/c1-23(2)7-8-24(19-22-15-6-4-13(20)10-17(15)27-19)18(25)12-3-5-14-16(9-12)26-11-21-14/h3-6,9-11H,7-8H2,1-2H3/p+1. The van der Waals surface area contributed by atoms with Crippen LogP contribution in [0, 0.1) is 5.82 Å². The molecule has 0 aliphatic rings. The highest BCUT2D eigenvalue weighted by atomic mass is 32.1. The largest absolute Gasteiger partial charge is 0.338 e. The van der Waals surface area contributed by atoms with Gasteiger partial charge in [-0.25, -0.2) is 14.4 Å². The Balaban J connectivity index is 1.73. The van der Waals surface area contributed by atoms with E-state index in [1.807, 2.05) is 26.2 Å². The number of amides is 1. The third-order valence-corrected chi connectivity index (χ3v) is 6.06. The van der Waals surface area contributed by atoms with Crippen LogP contribution in [-0.2, 0) is 0 Å². The van der Waals surface area contributed by atoms with Crippen molar-refractivity contribution in [1.29, 1.82) is 0 Å².